The lowest BCUT2D eigenvalue weighted by Gasteiger charge is -2.18. The van der Waals surface area contributed by atoms with E-state index in [1.807, 2.05) is 19.1 Å². The van der Waals surface area contributed by atoms with Gasteiger partial charge in [0, 0.05) is 13.2 Å². The lowest BCUT2D eigenvalue weighted by molar-refractivity contribution is 0.0697. The van der Waals surface area contributed by atoms with Gasteiger partial charge in [-0.15, -0.1) is 0 Å². The number of hydrogen-bond acceptors (Lipinski definition) is 4. The summed E-state index contributed by atoms with van der Waals surface area (Å²) in [5, 5.41) is 9.09. The molecule has 0 aromatic carbocycles. The van der Waals surface area contributed by atoms with Crippen molar-refractivity contribution in [1.82, 2.24) is 4.98 Å². The molecule has 5 heteroatoms. The first kappa shape index (κ1) is 12.2. The molecular weight excluding hydrogens is 232 g/mol. The molecule has 0 atom stereocenters. The van der Waals surface area contributed by atoms with Crippen molar-refractivity contribution in [2.24, 2.45) is 0 Å². The first-order valence-corrected chi connectivity index (χ1v) is 5.52. The number of pyridine rings is 1. The maximum absolute atomic E-state index is 11.1. The summed E-state index contributed by atoms with van der Waals surface area (Å²) in [7, 11) is 1.78. The van der Waals surface area contributed by atoms with Gasteiger partial charge in [0.2, 0.25) is 0 Å². The minimum Gasteiger partial charge on any atom is -0.478 e. The molecule has 0 amide bonds. The summed E-state index contributed by atoms with van der Waals surface area (Å²) in [5.74, 6) is 1.05. The van der Waals surface area contributed by atoms with Gasteiger partial charge in [-0.2, -0.15) is 0 Å². The summed E-state index contributed by atoms with van der Waals surface area (Å²) in [5.41, 5.74) is 0.184. The molecule has 0 aliphatic rings. The van der Waals surface area contributed by atoms with Crippen molar-refractivity contribution in [3.8, 4) is 0 Å². The van der Waals surface area contributed by atoms with E-state index in [0.29, 0.717) is 12.4 Å². The third-order valence-electron chi connectivity index (χ3n) is 2.57. The molecule has 2 aromatic rings. The topological polar surface area (TPSA) is 66.6 Å². The van der Waals surface area contributed by atoms with Crippen LogP contribution in [0.3, 0.4) is 0 Å². The molecule has 0 aliphatic heterocycles. The molecule has 0 saturated carbocycles. The Morgan fingerprint density at radius 1 is 1.44 bits per heavy atom. The van der Waals surface area contributed by atoms with Gasteiger partial charge in [0.1, 0.15) is 22.9 Å². The quantitative estimate of drug-likeness (QED) is 0.896. The number of nitrogens with zero attached hydrogens (tertiary/aromatic N) is 2. The second-order valence-electron chi connectivity index (χ2n) is 4.05. The Balaban J connectivity index is 2.23. The van der Waals surface area contributed by atoms with E-state index < -0.39 is 5.97 Å². The molecule has 0 fully saturated rings. The molecule has 5 nitrogen and oxygen atoms in total. The number of aryl methyl sites for hydroxylation is 1. The van der Waals surface area contributed by atoms with Gasteiger partial charge >= 0.3 is 5.97 Å². The third-order valence-corrected chi connectivity index (χ3v) is 2.57. The number of carbonyl (C=O) groups is 1. The zero-order chi connectivity index (χ0) is 13.1. The summed E-state index contributed by atoms with van der Waals surface area (Å²) >= 11 is 0. The monoisotopic (exact) mass is 246 g/mol. The third kappa shape index (κ3) is 2.51. The van der Waals surface area contributed by atoms with E-state index in [4.69, 9.17) is 9.52 Å². The predicted octanol–water partition coefficient (Wildman–Crippen LogP) is 2.32. The maximum Gasteiger partial charge on any atom is 0.339 e. The minimum absolute atomic E-state index is 0.184. The zero-order valence-electron chi connectivity index (χ0n) is 10.3. The van der Waals surface area contributed by atoms with Crippen LogP contribution in [0.1, 0.15) is 21.9 Å². The highest BCUT2D eigenvalue weighted by Gasteiger charge is 2.15. The lowest BCUT2D eigenvalue weighted by Crippen LogP contribution is -2.20. The summed E-state index contributed by atoms with van der Waals surface area (Å²) < 4.78 is 5.46. The Hall–Kier alpha value is -2.30. The predicted molar refractivity (Wildman–Crippen MR) is 66.7 cm³/mol. The normalized spacial score (nSPS) is 10.3. The number of carboxylic acids is 1. The smallest absolute Gasteiger partial charge is 0.339 e. The molecular formula is C13H14N2O3. The van der Waals surface area contributed by atoms with E-state index in [2.05, 4.69) is 4.98 Å². The van der Waals surface area contributed by atoms with Gasteiger partial charge in [0.15, 0.2) is 0 Å². The molecule has 0 saturated heterocycles. The van der Waals surface area contributed by atoms with E-state index in [-0.39, 0.29) is 5.56 Å². The van der Waals surface area contributed by atoms with Crippen molar-refractivity contribution in [2.45, 2.75) is 13.5 Å². The van der Waals surface area contributed by atoms with Crippen LogP contribution in [-0.2, 0) is 6.54 Å². The van der Waals surface area contributed by atoms with Gasteiger partial charge in [0.25, 0.3) is 0 Å². The molecule has 0 aliphatic carbocycles. The lowest BCUT2D eigenvalue weighted by atomic mass is 10.2. The Kier molecular flexibility index (Phi) is 3.32. The fraction of sp³-hybridized carbons (Fsp3) is 0.231. The van der Waals surface area contributed by atoms with E-state index in [1.165, 1.54) is 6.07 Å². The first-order chi connectivity index (χ1) is 8.58. The number of hydrogen-bond donors (Lipinski definition) is 1. The van der Waals surface area contributed by atoms with Crippen molar-refractivity contribution < 1.29 is 14.3 Å². The number of aromatic nitrogens is 1. The zero-order valence-corrected chi connectivity index (χ0v) is 10.3. The van der Waals surface area contributed by atoms with Crippen molar-refractivity contribution in [3.63, 3.8) is 0 Å². The summed E-state index contributed by atoms with van der Waals surface area (Å²) in [6, 6.07) is 6.89. The van der Waals surface area contributed by atoms with E-state index in [1.54, 1.807) is 24.2 Å². The van der Waals surface area contributed by atoms with Gasteiger partial charge in [-0.3, -0.25) is 0 Å². The Bertz CT molecular complexity index is 563. The SMILES string of the molecule is Cc1ccc(CN(C)c2ncccc2C(=O)O)o1. The van der Waals surface area contributed by atoms with Crippen LogP contribution in [0, 0.1) is 6.92 Å². The Morgan fingerprint density at radius 3 is 2.83 bits per heavy atom. The number of aromatic carboxylic acids is 1. The van der Waals surface area contributed by atoms with Crippen molar-refractivity contribution in [3.05, 3.63) is 47.5 Å². The number of anilines is 1. The van der Waals surface area contributed by atoms with E-state index in [9.17, 15) is 4.79 Å². The molecule has 0 radical (unpaired) electrons. The van der Waals surface area contributed by atoms with Crippen LogP contribution >= 0.6 is 0 Å². The molecule has 0 unspecified atom stereocenters. The van der Waals surface area contributed by atoms with Gasteiger partial charge in [0.05, 0.1) is 6.54 Å². The Morgan fingerprint density at radius 2 is 2.22 bits per heavy atom. The molecule has 2 heterocycles. The highest BCUT2D eigenvalue weighted by atomic mass is 16.4. The minimum atomic E-state index is -0.986. The fourth-order valence-corrected chi connectivity index (χ4v) is 1.75. The van der Waals surface area contributed by atoms with Crippen LogP contribution in [0.4, 0.5) is 5.82 Å². The van der Waals surface area contributed by atoms with Crippen LogP contribution in [-0.4, -0.2) is 23.1 Å². The van der Waals surface area contributed by atoms with Crippen LogP contribution in [0.2, 0.25) is 0 Å². The fourth-order valence-electron chi connectivity index (χ4n) is 1.75. The molecule has 2 aromatic heterocycles. The molecule has 0 bridgehead atoms. The van der Waals surface area contributed by atoms with Crippen LogP contribution < -0.4 is 4.90 Å². The van der Waals surface area contributed by atoms with Crippen LogP contribution in [0.25, 0.3) is 0 Å². The highest BCUT2D eigenvalue weighted by molar-refractivity contribution is 5.93. The second kappa shape index (κ2) is 4.91. The average molecular weight is 246 g/mol. The van der Waals surface area contributed by atoms with Crippen LogP contribution in [0.5, 0.6) is 0 Å². The molecule has 2 rings (SSSR count). The van der Waals surface area contributed by atoms with Crippen LogP contribution in [0.15, 0.2) is 34.9 Å². The van der Waals surface area contributed by atoms with Gasteiger partial charge in [-0.25, -0.2) is 9.78 Å². The second-order valence-corrected chi connectivity index (χ2v) is 4.05. The van der Waals surface area contributed by atoms with Crippen molar-refractivity contribution in [1.29, 1.82) is 0 Å². The number of furan rings is 1. The standard InChI is InChI=1S/C13H14N2O3/c1-9-5-6-10(18-9)8-15(2)12-11(13(16)17)4-3-7-14-12/h3-7H,8H2,1-2H3,(H,16,17). The number of rotatable bonds is 4. The molecule has 18 heavy (non-hydrogen) atoms. The first-order valence-electron chi connectivity index (χ1n) is 5.52. The van der Waals surface area contributed by atoms with Crippen molar-refractivity contribution >= 4 is 11.8 Å². The van der Waals surface area contributed by atoms with Gasteiger partial charge in [-0.05, 0) is 31.2 Å². The summed E-state index contributed by atoms with van der Waals surface area (Å²) in [6.07, 6.45) is 1.58. The average Bonchev–Trinajstić information content (AvgIpc) is 2.74. The van der Waals surface area contributed by atoms with E-state index in [0.717, 1.165) is 11.5 Å². The van der Waals surface area contributed by atoms with Gasteiger partial charge in [-0.1, -0.05) is 0 Å². The summed E-state index contributed by atoms with van der Waals surface area (Å²) in [6.45, 7) is 2.35. The molecule has 0 spiro atoms. The van der Waals surface area contributed by atoms with Crippen molar-refractivity contribution in [2.75, 3.05) is 11.9 Å². The Labute approximate surface area is 105 Å². The maximum atomic E-state index is 11.1. The number of carboxylic acid groups (broad SMARTS) is 1. The largest absolute Gasteiger partial charge is 0.478 e. The van der Waals surface area contributed by atoms with Gasteiger partial charge < -0.3 is 14.4 Å². The summed E-state index contributed by atoms with van der Waals surface area (Å²) in [4.78, 5) is 17.0. The molecule has 94 valence electrons. The van der Waals surface area contributed by atoms with E-state index >= 15 is 0 Å². The molecule has 1 N–H and O–H groups in total. The highest BCUT2D eigenvalue weighted by Crippen LogP contribution is 2.18.